The third-order valence-corrected chi connectivity index (χ3v) is 15.1. The van der Waals surface area contributed by atoms with Gasteiger partial charge in [0.15, 0.2) is 4.73 Å². The molecular weight excluding hydrogens is 946 g/mol. The highest BCUT2D eigenvalue weighted by Gasteiger charge is 2.29. The molecule has 0 unspecified atom stereocenters. The number of piperidine rings is 1. The number of aryl methyl sites for hydroxylation is 4. The van der Waals surface area contributed by atoms with E-state index in [2.05, 4.69) is 131 Å². The fourth-order valence-corrected chi connectivity index (χ4v) is 9.70. The van der Waals surface area contributed by atoms with E-state index >= 15 is 0 Å². The number of anilines is 1. The average molecular weight is 968 g/mol. The number of aliphatic hydroxyl groups is 1. The maximum atomic E-state index is 9.74. The first kappa shape index (κ1) is 28.6. The van der Waals surface area contributed by atoms with E-state index in [4.69, 9.17) is 4.98 Å². The standard InChI is InChI=1S/C15H16Br3N3O.C10H6Br4N2/c16-10-9-2-1-5-21-14(9)13(12(18)11(10)17)19-15(21)20-6-3-8(22)4-7-20;11-5-4-2-1-3-16-9(4)8(15-10(16)14)7(13)6(5)12/h8,22H,1-7H2;1-3H2. The van der Waals surface area contributed by atoms with Crippen molar-refractivity contribution in [3.8, 4) is 0 Å². The number of benzene rings is 2. The van der Waals surface area contributed by atoms with Gasteiger partial charge in [-0.3, -0.25) is 0 Å². The van der Waals surface area contributed by atoms with Crippen molar-refractivity contribution in [2.45, 2.75) is 57.7 Å². The van der Waals surface area contributed by atoms with Crippen molar-refractivity contribution in [2.24, 2.45) is 0 Å². The third-order valence-electron chi connectivity index (χ3n) is 7.52. The number of aliphatic hydroxyl groups excluding tert-OH is 1. The van der Waals surface area contributed by atoms with Crippen molar-refractivity contribution in [1.29, 1.82) is 0 Å². The Morgan fingerprint density at radius 3 is 1.68 bits per heavy atom. The van der Waals surface area contributed by atoms with Crippen LogP contribution in [0.1, 0.15) is 36.8 Å². The molecule has 2 aromatic heterocycles. The second-order valence-electron chi connectivity index (χ2n) is 9.76. The first-order valence-electron chi connectivity index (χ1n) is 12.4. The molecule has 5 heterocycles. The van der Waals surface area contributed by atoms with Crippen molar-refractivity contribution in [3.05, 3.63) is 42.7 Å². The molecule has 0 saturated carbocycles. The van der Waals surface area contributed by atoms with Crippen LogP contribution in [0, 0.1) is 0 Å². The molecule has 3 aliphatic rings. The van der Waals surface area contributed by atoms with Crippen LogP contribution in [0.4, 0.5) is 5.95 Å². The number of imidazole rings is 2. The van der Waals surface area contributed by atoms with Crippen molar-refractivity contribution in [3.63, 3.8) is 0 Å². The number of nitrogens with zero attached hydrogens (tertiary/aromatic N) is 5. The van der Waals surface area contributed by atoms with Crippen LogP contribution in [0.2, 0.25) is 0 Å². The fraction of sp³-hybridized carbons (Fsp3) is 0.440. The molecule has 1 N–H and O–H groups in total. The Labute approximate surface area is 279 Å². The van der Waals surface area contributed by atoms with Crippen molar-refractivity contribution in [2.75, 3.05) is 18.0 Å². The van der Waals surface area contributed by atoms with Crippen molar-refractivity contribution >= 4 is 140 Å². The molecule has 7 rings (SSSR count). The van der Waals surface area contributed by atoms with Gasteiger partial charge in [0.1, 0.15) is 11.0 Å². The molecule has 0 aliphatic carbocycles. The van der Waals surface area contributed by atoms with E-state index in [9.17, 15) is 5.11 Å². The highest BCUT2D eigenvalue weighted by molar-refractivity contribution is 9.15. The zero-order valence-corrected chi connectivity index (χ0v) is 31.1. The lowest BCUT2D eigenvalue weighted by molar-refractivity contribution is 0.145. The van der Waals surface area contributed by atoms with Gasteiger partial charge < -0.3 is 19.1 Å². The Balaban J connectivity index is 0.000000146. The summed E-state index contributed by atoms with van der Waals surface area (Å²) < 4.78 is 11.9. The van der Waals surface area contributed by atoms with Gasteiger partial charge in [0, 0.05) is 44.1 Å². The van der Waals surface area contributed by atoms with Gasteiger partial charge in [-0.2, -0.15) is 0 Å². The number of halogens is 7. The highest BCUT2D eigenvalue weighted by atomic mass is 79.9. The molecule has 13 heteroatoms. The second kappa shape index (κ2) is 11.3. The van der Waals surface area contributed by atoms with Crippen LogP contribution in [-0.2, 0) is 25.9 Å². The minimum atomic E-state index is -0.160. The van der Waals surface area contributed by atoms with Gasteiger partial charge in [-0.1, -0.05) is 0 Å². The quantitative estimate of drug-likeness (QED) is 0.194. The van der Waals surface area contributed by atoms with E-state index in [0.29, 0.717) is 0 Å². The van der Waals surface area contributed by atoms with E-state index in [-0.39, 0.29) is 6.10 Å². The van der Waals surface area contributed by atoms with Crippen LogP contribution in [-0.4, -0.2) is 43.4 Å². The topological polar surface area (TPSA) is 59.1 Å². The van der Waals surface area contributed by atoms with Crippen LogP contribution >= 0.6 is 112 Å². The summed E-state index contributed by atoms with van der Waals surface area (Å²) >= 11 is 25.4. The molecule has 0 amide bonds. The number of aromatic nitrogens is 4. The Bertz CT molecular complexity index is 1590. The molecule has 6 nitrogen and oxygen atoms in total. The number of hydrogen-bond acceptors (Lipinski definition) is 4. The molecule has 4 aromatic rings. The van der Waals surface area contributed by atoms with E-state index in [1.807, 2.05) is 0 Å². The summed E-state index contributed by atoms with van der Waals surface area (Å²) in [6.07, 6.45) is 5.95. The van der Waals surface area contributed by atoms with E-state index in [1.165, 1.54) is 22.2 Å². The normalized spacial score (nSPS) is 17.3. The molecule has 0 spiro atoms. The van der Waals surface area contributed by atoms with Gasteiger partial charge in [-0.15, -0.1) is 0 Å². The molecule has 0 bridgehead atoms. The molecule has 1 fully saturated rings. The van der Waals surface area contributed by atoms with Gasteiger partial charge in [0.2, 0.25) is 5.95 Å². The lowest BCUT2D eigenvalue weighted by atomic mass is 10.0. The third kappa shape index (κ3) is 4.74. The van der Waals surface area contributed by atoms with E-state index in [1.54, 1.807) is 0 Å². The first-order chi connectivity index (χ1) is 18.2. The Morgan fingerprint density at radius 1 is 0.605 bits per heavy atom. The van der Waals surface area contributed by atoms with Gasteiger partial charge in [-0.25, -0.2) is 9.97 Å². The maximum absolute atomic E-state index is 9.74. The minimum Gasteiger partial charge on any atom is -0.393 e. The first-order valence-corrected chi connectivity index (χ1v) is 17.9. The molecule has 38 heavy (non-hydrogen) atoms. The summed E-state index contributed by atoms with van der Waals surface area (Å²) in [7, 11) is 0. The summed E-state index contributed by atoms with van der Waals surface area (Å²) in [4.78, 5) is 11.8. The van der Waals surface area contributed by atoms with Gasteiger partial charge in [0.05, 0.1) is 26.1 Å². The number of hydrogen-bond donors (Lipinski definition) is 1. The predicted molar refractivity (Wildman–Crippen MR) is 177 cm³/mol. The molecular formula is C25H22Br7N5O. The second-order valence-corrected chi connectivity index (χ2v) is 15.2. The van der Waals surface area contributed by atoms with E-state index < -0.39 is 0 Å². The van der Waals surface area contributed by atoms with Crippen LogP contribution < -0.4 is 4.90 Å². The Kier molecular flexibility index (Phi) is 8.51. The van der Waals surface area contributed by atoms with Crippen molar-refractivity contribution < 1.29 is 5.11 Å². The van der Waals surface area contributed by atoms with Gasteiger partial charge in [0.25, 0.3) is 0 Å². The summed E-state index contributed by atoms with van der Waals surface area (Å²) in [5.41, 5.74) is 7.22. The minimum absolute atomic E-state index is 0.160. The highest BCUT2D eigenvalue weighted by Crippen LogP contribution is 2.45. The fourth-order valence-electron chi connectivity index (χ4n) is 5.67. The summed E-state index contributed by atoms with van der Waals surface area (Å²) in [5.74, 6) is 1.05. The Hall–Kier alpha value is 0.500. The lowest BCUT2D eigenvalue weighted by Crippen LogP contribution is -2.37. The molecule has 3 aliphatic heterocycles. The number of rotatable bonds is 1. The monoisotopic (exact) mass is 961 g/mol. The van der Waals surface area contributed by atoms with Gasteiger partial charge >= 0.3 is 0 Å². The molecule has 1 saturated heterocycles. The molecule has 0 atom stereocenters. The zero-order chi connectivity index (χ0) is 26.9. The average Bonchev–Trinajstić information content (AvgIpc) is 3.48. The molecule has 202 valence electrons. The van der Waals surface area contributed by atoms with Crippen molar-refractivity contribution in [1.82, 2.24) is 19.1 Å². The smallest absolute Gasteiger partial charge is 0.206 e. The predicted octanol–water partition coefficient (Wildman–Crippen LogP) is 9.26. The summed E-state index contributed by atoms with van der Waals surface area (Å²) in [6, 6.07) is 0. The largest absolute Gasteiger partial charge is 0.393 e. The van der Waals surface area contributed by atoms with Crippen LogP contribution in [0.5, 0.6) is 0 Å². The van der Waals surface area contributed by atoms with Crippen LogP contribution in [0.3, 0.4) is 0 Å². The van der Waals surface area contributed by atoms with Crippen LogP contribution in [0.15, 0.2) is 31.6 Å². The molecule has 0 radical (unpaired) electrons. The van der Waals surface area contributed by atoms with Gasteiger partial charge in [-0.05, 0) is 161 Å². The van der Waals surface area contributed by atoms with E-state index in [0.717, 1.165) is 113 Å². The summed E-state index contributed by atoms with van der Waals surface area (Å²) in [6.45, 7) is 3.79. The zero-order valence-electron chi connectivity index (χ0n) is 20.0. The Morgan fingerprint density at radius 2 is 1.11 bits per heavy atom. The SMILES string of the molecule is Brc1c(Br)c2c3c(nc(Br)n3CCC2)c1Br.OC1CCN(c2nc3c(Br)c(Br)c(Br)c4c3n2CCC4)CC1. The summed E-state index contributed by atoms with van der Waals surface area (Å²) in [5, 5.41) is 9.74. The molecule has 2 aromatic carbocycles. The maximum Gasteiger partial charge on any atom is 0.206 e. The lowest BCUT2D eigenvalue weighted by Gasteiger charge is -2.31. The van der Waals surface area contributed by atoms with Crippen LogP contribution in [0.25, 0.3) is 22.1 Å².